The van der Waals surface area contributed by atoms with Crippen LogP contribution in [0.2, 0.25) is 0 Å². The molecule has 160 valence electrons. The normalized spacial score (nSPS) is 18.4. The maximum atomic E-state index is 11.3. The van der Waals surface area contributed by atoms with Crippen LogP contribution in [-0.4, -0.2) is 39.6 Å². The summed E-state index contributed by atoms with van der Waals surface area (Å²) >= 11 is 0. The molecule has 0 unspecified atom stereocenters. The van der Waals surface area contributed by atoms with Gasteiger partial charge in [0.05, 0.1) is 26.9 Å². The molecule has 1 aliphatic rings. The number of esters is 2. The van der Waals surface area contributed by atoms with E-state index in [1.54, 1.807) is 24.3 Å². The van der Waals surface area contributed by atoms with Crippen LogP contribution in [-0.2, 0) is 19.1 Å². The zero-order valence-electron chi connectivity index (χ0n) is 17.3. The number of methoxy groups -OCH3 is 2. The fourth-order valence-corrected chi connectivity index (χ4v) is 3.35. The summed E-state index contributed by atoms with van der Waals surface area (Å²) in [5.41, 5.74) is 1.74. The van der Waals surface area contributed by atoms with Crippen LogP contribution in [0.5, 0.6) is 23.0 Å². The van der Waals surface area contributed by atoms with Crippen LogP contribution in [0.4, 0.5) is 0 Å². The second-order valence-electron chi connectivity index (χ2n) is 6.69. The Bertz CT molecular complexity index is 848. The van der Waals surface area contributed by atoms with E-state index in [-0.39, 0.29) is 18.8 Å². The monoisotopic (exact) mass is 416 g/mol. The lowest BCUT2D eigenvalue weighted by atomic mass is 9.88. The lowest BCUT2D eigenvalue weighted by Gasteiger charge is -2.32. The lowest BCUT2D eigenvalue weighted by molar-refractivity contribution is -0.153. The first-order valence-corrected chi connectivity index (χ1v) is 9.35. The minimum Gasteiger partial charge on any atom is -0.493 e. The van der Waals surface area contributed by atoms with E-state index in [0.717, 1.165) is 11.1 Å². The highest BCUT2D eigenvalue weighted by atomic mass is 16.7. The van der Waals surface area contributed by atoms with E-state index >= 15 is 0 Å². The van der Waals surface area contributed by atoms with Crippen LogP contribution >= 0.6 is 0 Å². The molecule has 2 aromatic rings. The Hall–Kier alpha value is -3.10. The number of benzene rings is 2. The molecule has 0 radical (unpaired) electrons. The van der Waals surface area contributed by atoms with Gasteiger partial charge >= 0.3 is 11.9 Å². The fraction of sp³-hybridized carbons (Fsp3) is 0.364. The molecule has 0 saturated carbocycles. The topological polar surface area (TPSA) is 89.5 Å². The Morgan fingerprint density at radius 2 is 1.37 bits per heavy atom. The summed E-state index contributed by atoms with van der Waals surface area (Å²) in [5.74, 6) is 0.544. The van der Waals surface area contributed by atoms with Gasteiger partial charge in [0.15, 0.2) is 23.0 Å². The predicted octanol–water partition coefficient (Wildman–Crippen LogP) is 3.38. The molecule has 8 nitrogen and oxygen atoms in total. The van der Waals surface area contributed by atoms with E-state index in [1.165, 1.54) is 28.1 Å². The third kappa shape index (κ3) is 4.90. The predicted molar refractivity (Wildman–Crippen MR) is 106 cm³/mol. The third-order valence-corrected chi connectivity index (χ3v) is 4.63. The molecule has 0 spiro atoms. The van der Waals surface area contributed by atoms with Crippen LogP contribution in [0, 0.1) is 0 Å². The Labute approximate surface area is 174 Å². The molecule has 0 bridgehead atoms. The molecule has 30 heavy (non-hydrogen) atoms. The SMILES string of the molecule is COc1cc([C@@H]2COCO[C@H]2c2ccc(OC(C)=O)c(OC)c2)ccc1OC(C)=O. The molecule has 2 aromatic carbocycles. The van der Waals surface area contributed by atoms with Crippen LogP contribution in [0.3, 0.4) is 0 Å². The fourth-order valence-electron chi connectivity index (χ4n) is 3.35. The van der Waals surface area contributed by atoms with Gasteiger partial charge in [-0.2, -0.15) is 0 Å². The van der Waals surface area contributed by atoms with Crippen molar-refractivity contribution < 1.29 is 38.0 Å². The molecule has 0 aliphatic carbocycles. The average Bonchev–Trinajstić information content (AvgIpc) is 2.73. The third-order valence-electron chi connectivity index (χ3n) is 4.63. The molecular formula is C22H24O8. The first-order valence-electron chi connectivity index (χ1n) is 9.35. The highest BCUT2D eigenvalue weighted by Gasteiger charge is 2.31. The Morgan fingerprint density at radius 1 is 0.833 bits per heavy atom. The van der Waals surface area contributed by atoms with Gasteiger partial charge in [-0.3, -0.25) is 9.59 Å². The second kappa shape index (κ2) is 9.60. The maximum absolute atomic E-state index is 11.3. The summed E-state index contributed by atoms with van der Waals surface area (Å²) in [4.78, 5) is 22.6. The molecular weight excluding hydrogens is 392 g/mol. The van der Waals surface area contributed by atoms with Crippen LogP contribution in [0.1, 0.15) is 37.0 Å². The minimum atomic E-state index is -0.429. The number of ether oxygens (including phenoxy) is 6. The summed E-state index contributed by atoms with van der Waals surface area (Å²) in [6.45, 7) is 3.24. The largest absolute Gasteiger partial charge is 0.493 e. The van der Waals surface area contributed by atoms with Crippen molar-refractivity contribution >= 4 is 11.9 Å². The van der Waals surface area contributed by atoms with Crippen molar-refractivity contribution in [2.75, 3.05) is 27.6 Å². The quantitative estimate of drug-likeness (QED) is 0.523. The van der Waals surface area contributed by atoms with Crippen molar-refractivity contribution in [2.24, 2.45) is 0 Å². The van der Waals surface area contributed by atoms with Gasteiger partial charge in [0.25, 0.3) is 0 Å². The van der Waals surface area contributed by atoms with Gasteiger partial charge in [-0.15, -0.1) is 0 Å². The highest BCUT2D eigenvalue weighted by Crippen LogP contribution is 2.42. The second-order valence-corrected chi connectivity index (χ2v) is 6.69. The van der Waals surface area contributed by atoms with E-state index in [9.17, 15) is 9.59 Å². The van der Waals surface area contributed by atoms with Gasteiger partial charge in [0.1, 0.15) is 6.79 Å². The van der Waals surface area contributed by atoms with Crippen molar-refractivity contribution in [1.29, 1.82) is 0 Å². The molecule has 1 fully saturated rings. The summed E-state index contributed by atoms with van der Waals surface area (Å²) in [6.07, 6.45) is -0.330. The zero-order chi connectivity index (χ0) is 21.7. The van der Waals surface area contributed by atoms with Gasteiger partial charge in [0, 0.05) is 19.8 Å². The standard InChI is InChI=1S/C22H24O8/c1-13(23)29-18-7-5-15(9-20(18)25-3)17-11-27-12-28-22(17)16-6-8-19(30-14(2)24)21(10-16)26-4/h5-10,17,22H,11-12H2,1-4H3/t17-,22-/m0/s1. The molecule has 0 amide bonds. The Kier molecular flexibility index (Phi) is 6.91. The molecule has 8 heteroatoms. The number of carbonyl (C=O) groups excluding carboxylic acids is 2. The molecule has 1 aliphatic heterocycles. The van der Waals surface area contributed by atoms with Gasteiger partial charge < -0.3 is 28.4 Å². The number of rotatable bonds is 6. The molecule has 0 aromatic heterocycles. The first kappa shape index (κ1) is 21.6. The van der Waals surface area contributed by atoms with E-state index < -0.39 is 11.9 Å². The smallest absolute Gasteiger partial charge is 0.308 e. The Balaban J connectivity index is 1.93. The van der Waals surface area contributed by atoms with Gasteiger partial charge in [-0.1, -0.05) is 12.1 Å². The molecule has 0 N–H and O–H groups in total. The van der Waals surface area contributed by atoms with E-state index in [0.29, 0.717) is 29.6 Å². The maximum Gasteiger partial charge on any atom is 0.308 e. The summed E-state index contributed by atoms with van der Waals surface area (Å²) < 4.78 is 32.6. The summed E-state index contributed by atoms with van der Waals surface area (Å²) in [5, 5.41) is 0. The van der Waals surface area contributed by atoms with Crippen molar-refractivity contribution in [1.82, 2.24) is 0 Å². The lowest BCUT2D eigenvalue weighted by Crippen LogP contribution is -2.26. The Morgan fingerprint density at radius 3 is 1.90 bits per heavy atom. The van der Waals surface area contributed by atoms with E-state index in [4.69, 9.17) is 28.4 Å². The van der Waals surface area contributed by atoms with Gasteiger partial charge in [0.2, 0.25) is 0 Å². The van der Waals surface area contributed by atoms with Crippen LogP contribution in [0.25, 0.3) is 0 Å². The first-order chi connectivity index (χ1) is 14.4. The molecule has 3 rings (SSSR count). The highest BCUT2D eigenvalue weighted by molar-refractivity contribution is 5.71. The van der Waals surface area contributed by atoms with E-state index in [1.807, 2.05) is 12.1 Å². The minimum absolute atomic E-state index is 0.150. The van der Waals surface area contributed by atoms with Crippen molar-refractivity contribution in [2.45, 2.75) is 25.9 Å². The number of hydrogen-bond donors (Lipinski definition) is 0. The number of hydrogen-bond acceptors (Lipinski definition) is 8. The van der Waals surface area contributed by atoms with Gasteiger partial charge in [-0.25, -0.2) is 0 Å². The van der Waals surface area contributed by atoms with Crippen LogP contribution in [0.15, 0.2) is 36.4 Å². The van der Waals surface area contributed by atoms with Crippen LogP contribution < -0.4 is 18.9 Å². The molecule has 2 atom stereocenters. The summed E-state index contributed by atoms with van der Waals surface area (Å²) in [6, 6.07) is 10.6. The molecule has 1 heterocycles. The summed E-state index contributed by atoms with van der Waals surface area (Å²) in [7, 11) is 3.02. The number of carbonyl (C=O) groups is 2. The molecule has 1 saturated heterocycles. The van der Waals surface area contributed by atoms with E-state index in [2.05, 4.69) is 0 Å². The van der Waals surface area contributed by atoms with Crippen molar-refractivity contribution in [3.8, 4) is 23.0 Å². The zero-order valence-corrected chi connectivity index (χ0v) is 17.3. The van der Waals surface area contributed by atoms with Crippen molar-refractivity contribution in [3.63, 3.8) is 0 Å². The average molecular weight is 416 g/mol. The van der Waals surface area contributed by atoms with Gasteiger partial charge in [-0.05, 0) is 35.4 Å². The van der Waals surface area contributed by atoms with Crippen molar-refractivity contribution in [3.05, 3.63) is 47.5 Å².